The van der Waals surface area contributed by atoms with Crippen molar-refractivity contribution in [2.24, 2.45) is 0 Å². The summed E-state index contributed by atoms with van der Waals surface area (Å²) in [5.41, 5.74) is 0.702. The van der Waals surface area contributed by atoms with E-state index >= 15 is 0 Å². The quantitative estimate of drug-likeness (QED) is 0.923. The topological polar surface area (TPSA) is 58.6 Å². The zero-order chi connectivity index (χ0) is 14.5. The Hall–Kier alpha value is -2.04. The predicted molar refractivity (Wildman–Crippen MR) is 77.0 cm³/mol. The number of ether oxygens (including phenoxy) is 1. The lowest BCUT2D eigenvalue weighted by Crippen LogP contribution is -2.41. The van der Waals surface area contributed by atoms with Crippen molar-refractivity contribution < 1.29 is 14.3 Å². The van der Waals surface area contributed by atoms with Crippen molar-refractivity contribution in [1.29, 1.82) is 0 Å². The van der Waals surface area contributed by atoms with Crippen molar-refractivity contribution in [1.82, 2.24) is 4.90 Å². The third-order valence-electron chi connectivity index (χ3n) is 3.70. The first-order valence-corrected chi connectivity index (χ1v) is 6.79. The summed E-state index contributed by atoms with van der Waals surface area (Å²) in [5, 5.41) is 2.85. The van der Waals surface area contributed by atoms with E-state index in [0.29, 0.717) is 30.1 Å². The summed E-state index contributed by atoms with van der Waals surface area (Å²) in [6.07, 6.45) is 2.64. The number of hydrogen-bond donors (Lipinski definition) is 1. The molecule has 0 aromatic heterocycles. The highest BCUT2D eigenvalue weighted by Crippen LogP contribution is 2.21. The van der Waals surface area contributed by atoms with Crippen LogP contribution in [-0.2, 0) is 4.79 Å². The average molecular weight is 276 g/mol. The van der Waals surface area contributed by atoms with Crippen molar-refractivity contribution in [3.05, 3.63) is 24.3 Å². The van der Waals surface area contributed by atoms with Crippen LogP contribution in [0.1, 0.15) is 25.7 Å². The Morgan fingerprint density at radius 3 is 2.70 bits per heavy atom. The molecule has 2 amide bonds. The molecule has 1 N–H and O–H groups in total. The molecular formula is C15H20N2O3. The van der Waals surface area contributed by atoms with Crippen molar-refractivity contribution in [3.63, 3.8) is 0 Å². The molecule has 5 heteroatoms. The minimum atomic E-state index is -0.155. The summed E-state index contributed by atoms with van der Waals surface area (Å²) in [7, 11) is 3.36. The molecule has 0 saturated heterocycles. The molecule has 20 heavy (non-hydrogen) atoms. The highest BCUT2D eigenvalue weighted by molar-refractivity contribution is 5.89. The number of Topliss-reactive ketones (excluding diaryl/α,β-unsaturated/α-hetero) is 1. The van der Waals surface area contributed by atoms with Gasteiger partial charge in [0.2, 0.25) is 0 Å². The largest absolute Gasteiger partial charge is 0.497 e. The summed E-state index contributed by atoms with van der Waals surface area (Å²) in [6, 6.07) is 7.23. The van der Waals surface area contributed by atoms with Crippen molar-refractivity contribution in [2.45, 2.75) is 31.7 Å². The van der Waals surface area contributed by atoms with Crippen LogP contribution < -0.4 is 10.1 Å². The van der Waals surface area contributed by atoms with Gasteiger partial charge in [0.1, 0.15) is 11.5 Å². The Kier molecular flexibility index (Phi) is 4.61. The van der Waals surface area contributed by atoms with E-state index in [1.54, 1.807) is 25.1 Å². The lowest BCUT2D eigenvalue weighted by molar-refractivity contribution is -0.121. The minimum Gasteiger partial charge on any atom is -0.497 e. The van der Waals surface area contributed by atoms with Crippen LogP contribution in [0.4, 0.5) is 10.5 Å². The maximum atomic E-state index is 12.2. The summed E-state index contributed by atoms with van der Waals surface area (Å²) in [5.74, 6) is 0.997. The molecule has 0 spiro atoms. The van der Waals surface area contributed by atoms with E-state index in [9.17, 15) is 9.59 Å². The normalized spacial score (nSPS) is 15.8. The average Bonchev–Trinajstić information content (AvgIpc) is 2.47. The molecule has 1 aromatic carbocycles. The lowest BCUT2D eigenvalue weighted by Gasteiger charge is -2.30. The molecule has 0 radical (unpaired) electrons. The van der Waals surface area contributed by atoms with Crippen LogP contribution in [-0.4, -0.2) is 36.9 Å². The van der Waals surface area contributed by atoms with Gasteiger partial charge in [0.05, 0.1) is 7.11 Å². The number of amides is 2. The van der Waals surface area contributed by atoms with Crippen LogP contribution in [0.5, 0.6) is 5.75 Å². The number of carbonyl (C=O) groups excluding carboxylic acids is 2. The third-order valence-corrected chi connectivity index (χ3v) is 3.70. The van der Waals surface area contributed by atoms with Gasteiger partial charge >= 0.3 is 6.03 Å². The van der Waals surface area contributed by atoms with E-state index in [-0.39, 0.29) is 12.1 Å². The second-order valence-corrected chi connectivity index (χ2v) is 5.04. The van der Waals surface area contributed by atoms with Crippen LogP contribution in [0.15, 0.2) is 24.3 Å². The van der Waals surface area contributed by atoms with Crippen molar-refractivity contribution in [2.75, 3.05) is 19.5 Å². The van der Waals surface area contributed by atoms with Gasteiger partial charge in [-0.05, 0) is 25.0 Å². The zero-order valence-electron chi connectivity index (χ0n) is 11.9. The van der Waals surface area contributed by atoms with Crippen molar-refractivity contribution in [3.8, 4) is 5.75 Å². The van der Waals surface area contributed by atoms with Gasteiger partial charge in [0.25, 0.3) is 0 Å². The van der Waals surface area contributed by atoms with Gasteiger partial charge in [0.15, 0.2) is 0 Å². The fourth-order valence-corrected chi connectivity index (χ4v) is 2.39. The first-order chi connectivity index (χ1) is 9.60. The smallest absolute Gasteiger partial charge is 0.321 e. The van der Waals surface area contributed by atoms with Gasteiger partial charge in [-0.15, -0.1) is 0 Å². The molecule has 2 rings (SSSR count). The molecule has 1 aliphatic carbocycles. The maximum Gasteiger partial charge on any atom is 0.321 e. The van der Waals surface area contributed by atoms with Crippen LogP contribution in [0.2, 0.25) is 0 Å². The van der Waals surface area contributed by atoms with E-state index in [2.05, 4.69) is 5.32 Å². The molecule has 0 heterocycles. The second kappa shape index (κ2) is 6.41. The molecule has 0 atom stereocenters. The molecule has 1 saturated carbocycles. The summed E-state index contributed by atoms with van der Waals surface area (Å²) in [4.78, 5) is 25.1. The predicted octanol–water partition coefficient (Wildman–Crippen LogP) is 2.67. The van der Waals surface area contributed by atoms with Crippen LogP contribution in [0.25, 0.3) is 0 Å². The SMILES string of the molecule is COc1cccc(NC(=O)N(C)C2CCC(=O)CC2)c1. The maximum absolute atomic E-state index is 12.2. The Bertz CT molecular complexity index is 492. The number of rotatable bonds is 3. The first kappa shape index (κ1) is 14.4. The van der Waals surface area contributed by atoms with Gasteiger partial charge in [-0.1, -0.05) is 6.07 Å². The van der Waals surface area contributed by atoms with E-state index in [1.807, 2.05) is 18.2 Å². The monoisotopic (exact) mass is 276 g/mol. The zero-order valence-corrected chi connectivity index (χ0v) is 11.9. The number of ketones is 1. The standard InChI is InChI=1S/C15H20N2O3/c1-17(12-6-8-13(18)9-7-12)15(19)16-11-4-3-5-14(10-11)20-2/h3-5,10,12H,6-9H2,1-2H3,(H,16,19). The van der Waals surface area contributed by atoms with E-state index in [4.69, 9.17) is 4.74 Å². The number of urea groups is 1. The van der Waals surface area contributed by atoms with Gasteiger partial charge in [-0.25, -0.2) is 4.79 Å². The molecule has 1 aliphatic rings. The summed E-state index contributed by atoms with van der Waals surface area (Å²) in [6.45, 7) is 0. The van der Waals surface area contributed by atoms with Gasteiger partial charge in [-0.3, -0.25) is 4.79 Å². The first-order valence-electron chi connectivity index (χ1n) is 6.79. The Labute approximate surface area is 118 Å². The lowest BCUT2D eigenvalue weighted by atomic mass is 9.93. The van der Waals surface area contributed by atoms with Crippen LogP contribution in [0.3, 0.4) is 0 Å². The summed E-state index contributed by atoms with van der Waals surface area (Å²) < 4.78 is 5.12. The van der Waals surface area contributed by atoms with Gasteiger partial charge in [0, 0.05) is 37.7 Å². The number of methoxy groups -OCH3 is 1. The van der Waals surface area contributed by atoms with Crippen LogP contribution in [0, 0.1) is 0 Å². The number of nitrogens with one attached hydrogen (secondary N) is 1. The van der Waals surface area contributed by atoms with E-state index in [0.717, 1.165) is 12.8 Å². The summed E-state index contributed by atoms with van der Waals surface area (Å²) >= 11 is 0. The molecule has 1 fully saturated rings. The van der Waals surface area contributed by atoms with Gasteiger partial charge in [-0.2, -0.15) is 0 Å². The Morgan fingerprint density at radius 2 is 2.05 bits per heavy atom. The molecular weight excluding hydrogens is 256 g/mol. The molecule has 108 valence electrons. The number of hydrogen-bond acceptors (Lipinski definition) is 3. The molecule has 0 bridgehead atoms. The Balaban J connectivity index is 1.95. The molecule has 5 nitrogen and oxygen atoms in total. The molecule has 0 unspecified atom stereocenters. The minimum absolute atomic E-state index is 0.137. The fraction of sp³-hybridized carbons (Fsp3) is 0.467. The number of anilines is 1. The number of carbonyl (C=O) groups is 2. The fourth-order valence-electron chi connectivity index (χ4n) is 2.39. The second-order valence-electron chi connectivity index (χ2n) is 5.04. The number of benzene rings is 1. The third kappa shape index (κ3) is 3.50. The van der Waals surface area contributed by atoms with E-state index < -0.39 is 0 Å². The van der Waals surface area contributed by atoms with E-state index in [1.165, 1.54) is 0 Å². The highest BCUT2D eigenvalue weighted by Gasteiger charge is 2.25. The highest BCUT2D eigenvalue weighted by atomic mass is 16.5. The Morgan fingerprint density at radius 1 is 1.35 bits per heavy atom. The van der Waals surface area contributed by atoms with Crippen molar-refractivity contribution >= 4 is 17.5 Å². The van der Waals surface area contributed by atoms with Gasteiger partial charge < -0.3 is 15.0 Å². The van der Waals surface area contributed by atoms with Crippen LogP contribution >= 0.6 is 0 Å². The number of nitrogens with zero attached hydrogens (tertiary/aromatic N) is 1. The molecule has 0 aliphatic heterocycles. The molecule has 1 aromatic rings.